The van der Waals surface area contributed by atoms with Crippen LogP contribution in [0.1, 0.15) is 67.3 Å². The Balaban J connectivity index is 1.20. The van der Waals surface area contributed by atoms with Gasteiger partial charge < -0.3 is 20.4 Å². The Morgan fingerprint density at radius 3 is 2.56 bits per heavy atom. The highest BCUT2D eigenvalue weighted by Crippen LogP contribution is 2.55. The molecule has 2 heterocycles. The van der Waals surface area contributed by atoms with Gasteiger partial charge in [0, 0.05) is 31.3 Å². The van der Waals surface area contributed by atoms with Crippen molar-refractivity contribution >= 4 is 29.5 Å². The normalized spacial score (nSPS) is 31.3. The standard InChI is InChI=1S/C31H39N3O4S/c35-27(36)15-21-7-4-11-34(19-21)26-9-8-25(30(32-26)39-12-10-20-5-2-1-3-6-20)29(37)33-28-23-13-22-14-24(28)18-31(38,16-22)17-23/h1-3,5-6,8-9,21-24,28,38H,4,7,10-19H2,(H,33,37)(H,35,36)/t21-,22?,23?,24?,28?,31?/m0/s1. The Morgan fingerprint density at radius 2 is 1.85 bits per heavy atom. The van der Waals surface area contributed by atoms with Crippen LogP contribution in [0.15, 0.2) is 47.5 Å². The molecule has 4 aliphatic carbocycles. The summed E-state index contributed by atoms with van der Waals surface area (Å²) in [5.41, 5.74) is 1.35. The van der Waals surface area contributed by atoms with Gasteiger partial charge in [0.2, 0.25) is 0 Å². The van der Waals surface area contributed by atoms with Crippen LogP contribution in [0.5, 0.6) is 0 Å². The summed E-state index contributed by atoms with van der Waals surface area (Å²) in [5.74, 6) is 2.23. The molecule has 1 aromatic heterocycles. The van der Waals surface area contributed by atoms with E-state index in [1.165, 1.54) is 5.56 Å². The number of rotatable bonds is 9. The smallest absolute Gasteiger partial charge is 0.303 e. The Bertz CT molecular complexity index is 1190. The minimum absolute atomic E-state index is 0.0666. The molecule has 1 aromatic carbocycles. The average molecular weight is 550 g/mol. The predicted octanol–water partition coefficient (Wildman–Crippen LogP) is 4.78. The molecule has 0 spiro atoms. The van der Waals surface area contributed by atoms with E-state index in [0.29, 0.717) is 29.9 Å². The monoisotopic (exact) mass is 549 g/mol. The Kier molecular flexibility index (Phi) is 7.60. The molecule has 39 heavy (non-hydrogen) atoms. The van der Waals surface area contributed by atoms with E-state index in [4.69, 9.17) is 4.98 Å². The number of anilines is 1. The second-order valence-corrected chi connectivity index (χ2v) is 13.4. The van der Waals surface area contributed by atoms with Gasteiger partial charge in [-0.25, -0.2) is 4.98 Å². The quantitative estimate of drug-likeness (QED) is 0.387. The van der Waals surface area contributed by atoms with E-state index in [1.807, 2.05) is 30.3 Å². The third-order valence-corrected chi connectivity index (χ3v) is 10.4. The van der Waals surface area contributed by atoms with E-state index in [-0.39, 0.29) is 24.3 Å². The van der Waals surface area contributed by atoms with Crippen molar-refractivity contribution in [1.82, 2.24) is 10.3 Å². The number of thioether (sulfide) groups is 1. The van der Waals surface area contributed by atoms with E-state index in [0.717, 1.165) is 74.5 Å². The molecule has 1 saturated heterocycles. The molecule has 2 aromatic rings. The number of amides is 1. The highest BCUT2D eigenvalue weighted by molar-refractivity contribution is 7.99. The topological polar surface area (TPSA) is 103 Å². The number of nitrogens with zero attached hydrogens (tertiary/aromatic N) is 2. The van der Waals surface area contributed by atoms with Crippen molar-refractivity contribution in [3.05, 3.63) is 53.6 Å². The number of benzene rings is 1. The molecule has 7 nitrogen and oxygen atoms in total. The van der Waals surface area contributed by atoms with Crippen LogP contribution in [0.3, 0.4) is 0 Å². The summed E-state index contributed by atoms with van der Waals surface area (Å²) in [6.07, 6.45) is 7.65. The van der Waals surface area contributed by atoms with Gasteiger partial charge in [0.1, 0.15) is 10.8 Å². The van der Waals surface area contributed by atoms with Crippen molar-refractivity contribution in [3.8, 4) is 0 Å². The lowest BCUT2D eigenvalue weighted by atomic mass is 9.52. The minimum Gasteiger partial charge on any atom is -0.481 e. The van der Waals surface area contributed by atoms with Crippen LogP contribution in [0.4, 0.5) is 5.82 Å². The number of carbonyl (C=O) groups excluding carboxylic acids is 1. The lowest BCUT2D eigenvalue weighted by molar-refractivity contribution is -0.138. The first-order chi connectivity index (χ1) is 18.8. The zero-order valence-electron chi connectivity index (χ0n) is 22.4. The van der Waals surface area contributed by atoms with Crippen LogP contribution in [0.25, 0.3) is 0 Å². The van der Waals surface area contributed by atoms with Gasteiger partial charge in [-0.05, 0) is 92.7 Å². The fourth-order valence-electron chi connectivity index (χ4n) is 7.93. The lowest BCUT2D eigenvalue weighted by Crippen LogP contribution is -2.61. The lowest BCUT2D eigenvalue weighted by Gasteiger charge is -2.58. The number of carboxylic acids is 1. The number of carbonyl (C=O) groups is 2. The molecule has 4 saturated carbocycles. The number of piperidine rings is 1. The zero-order chi connectivity index (χ0) is 27.0. The molecule has 5 aliphatic rings. The number of aliphatic hydroxyl groups is 1. The summed E-state index contributed by atoms with van der Waals surface area (Å²) in [4.78, 5) is 32.2. The largest absolute Gasteiger partial charge is 0.481 e. The van der Waals surface area contributed by atoms with Gasteiger partial charge in [0.25, 0.3) is 5.91 Å². The number of aliphatic carboxylic acids is 1. The number of aromatic nitrogens is 1. The summed E-state index contributed by atoms with van der Waals surface area (Å²) in [6.45, 7) is 1.52. The van der Waals surface area contributed by atoms with Crippen LogP contribution in [-0.2, 0) is 11.2 Å². The summed E-state index contributed by atoms with van der Waals surface area (Å²) in [7, 11) is 0. The van der Waals surface area contributed by atoms with Crippen molar-refractivity contribution < 1.29 is 19.8 Å². The highest BCUT2D eigenvalue weighted by atomic mass is 32.2. The SMILES string of the molecule is O=C(O)C[C@@H]1CCCN(c2ccc(C(=O)NC3C4CC5CC3CC(O)(C5)C4)c(SCCc3ccccc3)n2)C1. The van der Waals surface area contributed by atoms with Crippen LogP contribution >= 0.6 is 11.8 Å². The van der Waals surface area contributed by atoms with Crippen molar-refractivity contribution in [1.29, 1.82) is 0 Å². The van der Waals surface area contributed by atoms with Gasteiger partial charge in [0.05, 0.1) is 11.2 Å². The van der Waals surface area contributed by atoms with E-state index in [9.17, 15) is 19.8 Å². The van der Waals surface area contributed by atoms with Crippen molar-refractivity contribution in [2.45, 2.75) is 74.5 Å². The van der Waals surface area contributed by atoms with Crippen LogP contribution in [0, 0.1) is 23.7 Å². The number of carboxylic acid groups (broad SMARTS) is 1. The highest BCUT2D eigenvalue weighted by Gasteiger charge is 2.55. The molecule has 1 aliphatic heterocycles. The Labute approximate surface area is 234 Å². The average Bonchev–Trinajstić information content (AvgIpc) is 2.90. The zero-order valence-corrected chi connectivity index (χ0v) is 23.2. The molecule has 5 fully saturated rings. The van der Waals surface area contributed by atoms with E-state index < -0.39 is 11.6 Å². The first-order valence-corrected chi connectivity index (χ1v) is 15.5. The van der Waals surface area contributed by atoms with Crippen molar-refractivity contribution in [3.63, 3.8) is 0 Å². The number of nitrogens with one attached hydrogen (secondary N) is 1. The van der Waals surface area contributed by atoms with E-state index in [2.05, 4.69) is 22.3 Å². The fourth-order valence-corrected chi connectivity index (χ4v) is 8.94. The first-order valence-electron chi connectivity index (χ1n) is 14.5. The Hall–Kier alpha value is -2.58. The molecular weight excluding hydrogens is 510 g/mol. The Morgan fingerprint density at radius 1 is 1.08 bits per heavy atom. The maximum Gasteiger partial charge on any atom is 0.303 e. The summed E-state index contributed by atoms with van der Waals surface area (Å²) in [5, 5.41) is 24.4. The predicted molar refractivity (Wildman–Crippen MR) is 152 cm³/mol. The molecular formula is C31H39N3O4S. The van der Waals surface area contributed by atoms with Gasteiger partial charge in [-0.3, -0.25) is 9.59 Å². The first kappa shape index (κ1) is 26.6. The maximum atomic E-state index is 13.7. The summed E-state index contributed by atoms with van der Waals surface area (Å²) < 4.78 is 0. The third kappa shape index (κ3) is 5.97. The third-order valence-electron chi connectivity index (χ3n) is 9.41. The van der Waals surface area contributed by atoms with Gasteiger partial charge in [0.15, 0.2) is 0 Å². The number of pyridine rings is 1. The maximum absolute atomic E-state index is 13.7. The molecule has 0 radical (unpaired) electrons. The number of hydrogen-bond donors (Lipinski definition) is 3. The molecule has 208 valence electrons. The molecule has 4 bridgehead atoms. The second-order valence-electron chi connectivity index (χ2n) is 12.4. The molecule has 3 N–H and O–H groups in total. The molecule has 8 heteroatoms. The van der Waals surface area contributed by atoms with Crippen molar-refractivity contribution in [2.75, 3.05) is 23.7 Å². The van der Waals surface area contributed by atoms with E-state index in [1.54, 1.807) is 11.8 Å². The van der Waals surface area contributed by atoms with E-state index >= 15 is 0 Å². The van der Waals surface area contributed by atoms with Gasteiger partial charge in [-0.1, -0.05) is 30.3 Å². The molecule has 3 atom stereocenters. The van der Waals surface area contributed by atoms with Gasteiger partial charge in [-0.2, -0.15) is 0 Å². The van der Waals surface area contributed by atoms with Crippen LogP contribution in [-0.4, -0.2) is 57.6 Å². The number of aryl methyl sites for hydroxylation is 1. The van der Waals surface area contributed by atoms with Crippen molar-refractivity contribution in [2.24, 2.45) is 23.7 Å². The molecule has 2 unspecified atom stereocenters. The molecule has 7 rings (SSSR count). The summed E-state index contributed by atoms with van der Waals surface area (Å²) in [6, 6.07) is 14.3. The molecule has 1 amide bonds. The minimum atomic E-state index is -0.754. The summed E-state index contributed by atoms with van der Waals surface area (Å²) >= 11 is 1.62. The van der Waals surface area contributed by atoms with Gasteiger partial charge in [-0.15, -0.1) is 11.8 Å². The number of hydrogen-bond acceptors (Lipinski definition) is 6. The van der Waals surface area contributed by atoms with Crippen LogP contribution in [0.2, 0.25) is 0 Å². The van der Waals surface area contributed by atoms with Gasteiger partial charge >= 0.3 is 5.97 Å². The fraction of sp³-hybridized carbons (Fsp3) is 0.581. The van der Waals surface area contributed by atoms with Crippen LogP contribution < -0.4 is 10.2 Å². The second kappa shape index (κ2) is 11.1.